The lowest BCUT2D eigenvalue weighted by Gasteiger charge is -2.24. The van der Waals surface area contributed by atoms with Gasteiger partial charge in [-0.3, -0.25) is 9.59 Å². The van der Waals surface area contributed by atoms with Crippen molar-refractivity contribution in [1.29, 1.82) is 0 Å². The van der Waals surface area contributed by atoms with Crippen LogP contribution in [0.1, 0.15) is 34.0 Å². The van der Waals surface area contributed by atoms with E-state index in [4.69, 9.17) is 27.9 Å². The van der Waals surface area contributed by atoms with Gasteiger partial charge >= 0.3 is 5.97 Å². The summed E-state index contributed by atoms with van der Waals surface area (Å²) >= 11 is 11.7. The van der Waals surface area contributed by atoms with Crippen LogP contribution in [0.15, 0.2) is 60.7 Å². The highest BCUT2D eigenvalue weighted by molar-refractivity contribution is 6.30. The minimum atomic E-state index is -1.08. The van der Waals surface area contributed by atoms with E-state index in [9.17, 15) is 19.1 Å². The Labute approximate surface area is 213 Å². The van der Waals surface area contributed by atoms with Crippen LogP contribution in [0.4, 0.5) is 4.39 Å². The molecule has 1 amide bonds. The Morgan fingerprint density at radius 3 is 2.46 bits per heavy atom. The van der Waals surface area contributed by atoms with E-state index >= 15 is 0 Å². The minimum absolute atomic E-state index is 0.0691. The van der Waals surface area contributed by atoms with E-state index in [1.165, 1.54) is 17.0 Å². The lowest BCUT2D eigenvalue weighted by Crippen LogP contribution is -2.37. The van der Waals surface area contributed by atoms with Crippen LogP contribution in [0.5, 0.6) is 5.75 Å². The third-order valence-electron chi connectivity index (χ3n) is 5.99. The molecule has 35 heavy (non-hydrogen) atoms. The van der Waals surface area contributed by atoms with Gasteiger partial charge in [-0.25, -0.2) is 4.39 Å². The zero-order chi connectivity index (χ0) is 25.2. The van der Waals surface area contributed by atoms with Crippen molar-refractivity contribution in [2.75, 3.05) is 13.1 Å². The summed E-state index contributed by atoms with van der Waals surface area (Å²) < 4.78 is 20.0. The van der Waals surface area contributed by atoms with Crippen molar-refractivity contribution >= 4 is 35.1 Å². The first kappa shape index (κ1) is 25.0. The normalized spacial score (nSPS) is 16.5. The fraction of sp³-hybridized carbons (Fsp3) is 0.259. The summed E-state index contributed by atoms with van der Waals surface area (Å²) in [5.74, 6) is -1.27. The average Bonchev–Trinajstić information content (AvgIpc) is 3.14. The molecule has 5 nitrogen and oxygen atoms in total. The van der Waals surface area contributed by atoms with Crippen molar-refractivity contribution in [2.45, 2.75) is 31.8 Å². The number of carbonyl (C=O) groups is 2. The van der Waals surface area contributed by atoms with Gasteiger partial charge in [-0.1, -0.05) is 41.4 Å². The second-order valence-corrected chi connectivity index (χ2v) is 9.82. The van der Waals surface area contributed by atoms with Crippen LogP contribution in [-0.4, -0.2) is 40.6 Å². The molecule has 0 aromatic heterocycles. The summed E-state index contributed by atoms with van der Waals surface area (Å²) in [6, 6.07) is 17.0. The maximum atomic E-state index is 13.9. The van der Waals surface area contributed by atoms with Crippen LogP contribution in [0.25, 0.3) is 0 Å². The van der Waals surface area contributed by atoms with Gasteiger partial charge in [0.05, 0.1) is 5.02 Å². The van der Waals surface area contributed by atoms with Crippen molar-refractivity contribution in [2.24, 2.45) is 0 Å². The number of fused-ring (bicyclic) bond motifs is 1. The topological polar surface area (TPSA) is 66.8 Å². The Kier molecular flexibility index (Phi) is 7.33. The molecule has 0 saturated carbocycles. The fourth-order valence-electron chi connectivity index (χ4n) is 4.35. The van der Waals surface area contributed by atoms with Gasteiger partial charge in [0.1, 0.15) is 23.7 Å². The van der Waals surface area contributed by atoms with Gasteiger partial charge in [0.25, 0.3) is 5.91 Å². The maximum Gasteiger partial charge on any atom is 0.323 e. The lowest BCUT2D eigenvalue weighted by atomic mass is 9.91. The standard InChI is InChI=1S/C27H24Cl2FNO4/c1-27(14-18-4-8-22(29)23(30)12-18)15-20-13-19(5-9-24(20)35-27)26(34)31(16-25(32)33)11-10-17-2-6-21(28)7-3-17/h2-9,12-13H,10-11,14-16H2,1H3,(H,32,33). The molecule has 1 atom stereocenters. The first-order valence-corrected chi connectivity index (χ1v) is 11.9. The van der Waals surface area contributed by atoms with Gasteiger partial charge in [0.2, 0.25) is 0 Å². The molecule has 4 rings (SSSR count). The molecule has 1 unspecified atom stereocenters. The molecule has 0 saturated heterocycles. The number of carboxylic acids is 1. The third kappa shape index (κ3) is 6.13. The molecular formula is C27H24Cl2FNO4. The number of carboxylic acid groups (broad SMARTS) is 1. The van der Waals surface area contributed by atoms with E-state index in [1.54, 1.807) is 36.4 Å². The number of hydrogen-bond acceptors (Lipinski definition) is 3. The van der Waals surface area contributed by atoms with E-state index in [1.807, 2.05) is 19.1 Å². The predicted octanol–water partition coefficient (Wildman–Crippen LogP) is 5.84. The molecule has 1 aliphatic rings. The van der Waals surface area contributed by atoms with Gasteiger partial charge < -0.3 is 14.7 Å². The van der Waals surface area contributed by atoms with Crippen molar-refractivity contribution < 1.29 is 23.8 Å². The molecule has 3 aromatic rings. The largest absolute Gasteiger partial charge is 0.487 e. The number of nitrogens with zero attached hydrogens (tertiary/aromatic N) is 1. The maximum absolute atomic E-state index is 13.9. The molecule has 0 radical (unpaired) electrons. The zero-order valence-corrected chi connectivity index (χ0v) is 20.6. The molecule has 182 valence electrons. The highest BCUT2D eigenvalue weighted by Gasteiger charge is 2.36. The van der Waals surface area contributed by atoms with Gasteiger partial charge in [0.15, 0.2) is 0 Å². The summed E-state index contributed by atoms with van der Waals surface area (Å²) in [6.45, 7) is 1.78. The molecule has 0 bridgehead atoms. The molecule has 0 spiro atoms. The van der Waals surface area contributed by atoms with Crippen LogP contribution in [0, 0.1) is 5.82 Å². The van der Waals surface area contributed by atoms with E-state index in [0.717, 1.165) is 16.7 Å². The molecule has 3 aromatic carbocycles. The molecule has 1 N–H and O–H groups in total. The molecule has 8 heteroatoms. The van der Waals surface area contributed by atoms with Crippen molar-refractivity contribution in [1.82, 2.24) is 4.90 Å². The number of benzene rings is 3. The number of aliphatic carboxylic acids is 1. The van der Waals surface area contributed by atoms with Gasteiger partial charge in [-0.2, -0.15) is 0 Å². The van der Waals surface area contributed by atoms with Crippen molar-refractivity contribution in [3.63, 3.8) is 0 Å². The Balaban J connectivity index is 1.48. The number of hydrogen-bond donors (Lipinski definition) is 1. The number of ether oxygens (including phenoxy) is 1. The Morgan fingerprint density at radius 1 is 1.06 bits per heavy atom. The van der Waals surface area contributed by atoms with Crippen LogP contribution in [0.2, 0.25) is 10.0 Å². The summed E-state index contributed by atoms with van der Waals surface area (Å²) in [7, 11) is 0. The molecule has 0 fully saturated rings. The molecule has 1 heterocycles. The Bertz CT molecular complexity index is 1260. The lowest BCUT2D eigenvalue weighted by molar-refractivity contribution is -0.137. The average molecular weight is 516 g/mol. The van der Waals surface area contributed by atoms with Crippen molar-refractivity contribution in [3.8, 4) is 5.75 Å². The third-order valence-corrected chi connectivity index (χ3v) is 6.55. The van der Waals surface area contributed by atoms with E-state index in [2.05, 4.69) is 0 Å². The number of halogens is 3. The first-order valence-electron chi connectivity index (χ1n) is 11.1. The first-order chi connectivity index (χ1) is 16.6. The SMILES string of the molecule is CC1(Cc2ccc(Cl)c(F)c2)Cc2cc(C(=O)N(CCc3ccc(Cl)cc3)CC(=O)O)ccc2O1. The highest BCUT2D eigenvalue weighted by Crippen LogP contribution is 2.38. The van der Waals surface area contributed by atoms with Crippen LogP contribution < -0.4 is 4.74 Å². The smallest absolute Gasteiger partial charge is 0.323 e. The highest BCUT2D eigenvalue weighted by atomic mass is 35.5. The van der Waals surface area contributed by atoms with E-state index < -0.39 is 23.9 Å². The minimum Gasteiger partial charge on any atom is -0.487 e. The Morgan fingerprint density at radius 2 is 1.77 bits per heavy atom. The summed E-state index contributed by atoms with van der Waals surface area (Å²) in [4.78, 5) is 26.0. The van der Waals surface area contributed by atoms with Crippen LogP contribution in [0.3, 0.4) is 0 Å². The molecular weight excluding hydrogens is 492 g/mol. The molecule has 0 aliphatic carbocycles. The Hall–Kier alpha value is -3.09. The van der Waals surface area contributed by atoms with Crippen molar-refractivity contribution in [3.05, 3.63) is 98.8 Å². The summed E-state index contributed by atoms with van der Waals surface area (Å²) in [5, 5.41) is 10.0. The van der Waals surface area contributed by atoms with Gasteiger partial charge in [-0.05, 0) is 72.5 Å². The van der Waals surface area contributed by atoms with E-state index in [0.29, 0.717) is 35.6 Å². The summed E-state index contributed by atoms with van der Waals surface area (Å²) in [5.41, 5.74) is 2.34. The summed E-state index contributed by atoms with van der Waals surface area (Å²) in [6.07, 6.45) is 1.49. The van der Waals surface area contributed by atoms with Gasteiger partial charge in [0, 0.05) is 30.0 Å². The zero-order valence-electron chi connectivity index (χ0n) is 19.1. The second kappa shape index (κ2) is 10.3. The number of rotatable bonds is 8. The fourth-order valence-corrected chi connectivity index (χ4v) is 4.59. The second-order valence-electron chi connectivity index (χ2n) is 8.97. The van der Waals surface area contributed by atoms with Gasteiger partial charge in [-0.15, -0.1) is 0 Å². The number of amides is 1. The number of carbonyl (C=O) groups excluding carboxylic acids is 1. The predicted molar refractivity (Wildman–Crippen MR) is 133 cm³/mol. The van der Waals surface area contributed by atoms with E-state index in [-0.39, 0.29) is 17.5 Å². The van der Waals surface area contributed by atoms with Crippen LogP contribution >= 0.6 is 23.2 Å². The quantitative estimate of drug-likeness (QED) is 0.409. The molecule has 1 aliphatic heterocycles. The van der Waals surface area contributed by atoms with Crippen LogP contribution in [-0.2, 0) is 24.1 Å². The monoisotopic (exact) mass is 515 g/mol.